The van der Waals surface area contributed by atoms with Gasteiger partial charge in [0.25, 0.3) is 15.9 Å². The molecule has 1 aliphatic rings. The fourth-order valence-electron chi connectivity index (χ4n) is 2.52. The predicted octanol–water partition coefficient (Wildman–Crippen LogP) is 3.12. The Labute approximate surface area is 150 Å². The molecule has 5 nitrogen and oxygen atoms in total. The number of hydrogen-bond acceptors (Lipinski definition) is 4. The second kappa shape index (κ2) is 7.23. The molecule has 0 radical (unpaired) electrons. The summed E-state index contributed by atoms with van der Waals surface area (Å²) in [6, 6.07) is 9.97. The molecule has 1 saturated heterocycles. The summed E-state index contributed by atoms with van der Waals surface area (Å²) in [6.45, 7) is 1.47. The number of benzene rings is 1. The first-order valence-corrected chi connectivity index (χ1v) is 10.2. The Morgan fingerprint density at radius 2 is 1.79 bits per heavy atom. The van der Waals surface area contributed by atoms with Gasteiger partial charge in [-0.3, -0.25) is 4.79 Å². The molecule has 1 aliphatic heterocycles. The van der Waals surface area contributed by atoms with Crippen LogP contribution in [-0.4, -0.2) is 31.7 Å². The van der Waals surface area contributed by atoms with Crippen LogP contribution in [0.15, 0.2) is 40.6 Å². The van der Waals surface area contributed by atoms with Gasteiger partial charge in [0.05, 0.1) is 6.54 Å². The fraction of sp³-hybridized carbons (Fsp3) is 0.312. The Hall–Kier alpha value is -1.41. The zero-order chi connectivity index (χ0) is 17.2. The average molecular weight is 385 g/mol. The smallest absolute Gasteiger partial charge is 0.252 e. The number of halogens is 1. The molecule has 2 aromatic rings. The summed E-state index contributed by atoms with van der Waals surface area (Å²) in [5, 5.41) is 3.36. The third kappa shape index (κ3) is 3.80. The van der Waals surface area contributed by atoms with Crippen LogP contribution in [0, 0.1) is 0 Å². The Bertz CT molecular complexity index is 825. The van der Waals surface area contributed by atoms with E-state index >= 15 is 0 Å². The maximum absolute atomic E-state index is 12.5. The minimum absolute atomic E-state index is 0.219. The highest BCUT2D eigenvalue weighted by molar-refractivity contribution is 7.91. The number of hydrogen-bond donors (Lipinski definition) is 1. The molecule has 8 heteroatoms. The normalized spacial score (nSPS) is 15.5. The number of rotatable bonds is 5. The Morgan fingerprint density at radius 1 is 1.12 bits per heavy atom. The molecule has 1 aromatic heterocycles. The minimum atomic E-state index is -3.39. The molecule has 128 valence electrons. The summed E-state index contributed by atoms with van der Waals surface area (Å²) >= 11 is 7.00. The van der Waals surface area contributed by atoms with Crippen molar-refractivity contribution in [2.75, 3.05) is 13.1 Å². The fourth-order valence-corrected chi connectivity index (χ4v) is 5.61. The van der Waals surface area contributed by atoms with Crippen LogP contribution in [0.3, 0.4) is 0 Å². The molecular weight excluding hydrogens is 368 g/mol. The van der Waals surface area contributed by atoms with Gasteiger partial charge in [0.15, 0.2) is 0 Å². The van der Waals surface area contributed by atoms with E-state index in [0.29, 0.717) is 34.4 Å². The zero-order valence-electron chi connectivity index (χ0n) is 12.9. The standard InChI is InChI=1S/C16H17ClN2O3S2/c17-13-5-3-12(4-6-13)16(20)18-11-14-7-8-15(23-14)24(21,22)19-9-1-2-10-19/h3-8H,1-2,9-11H2,(H,18,20). The maximum Gasteiger partial charge on any atom is 0.252 e. The van der Waals surface area contributed by atoms with Crippen molar-refractivity contribution >= 4 is 38.9 Å². The molecule has 1 amide bonds. The molecule has 0 bridgehead atoms. The summed E-state index contributed by atoms with van der Waals surface area (Å²) in [6.07, 6.45) is 1.82. The van der Waals surface area contributed by atoms with E-state index in [2.05, 4.69) is 5.32 Å². The Kier molecular flexibility index (Phi) is 5.24. The van der Waals surface area contributed by atoms with Crippen molar-refractivity contribution in [3.05, 3.63) is 51.9 Å². The summed E-state index contributed by atoms with van der Waals surface area (Å²) in [7, 11) is -3.39. The number of sulfonamides is 1. The molecule has 1 aromatic carbocycles. The number of nitrogens with zero attached hydrogens (tertiary/aromatic N) is 1. The van der Waals surface area contributed by atoms with Crippen molar-refractivity contribution in [1.29, 1.82) is 0 Å². The molecule has 2 heterocycles. The molecule has 0 aliphatic carbocycles. The van der Waals surface area contributed by atoms with E-state index in [1.54, 1.807) is 36.4 Å². The van der Waals surface area contributed by atoms with E-state index in [0.717, 1.165) is 17.7 Å². The van der Waals surface area contributed by atoms with Crippen molar-refractivity contribution < 1.29 is 13.2 Å². The van der Waals surface area contributed by atoms with Crippen LogP contribution in [0.2, 0.25) is 5.02 Å². The third-order valence-corrected chi connectivity index (χ3v) is 7.53. The van der Waals surface area contributed by atoms with Gasteiger partial charge in [-0.1, -0.05) is 11.6 Å². The van der Waals surface area contributed by atoms with Crippen LogP contribution in [-0.2, 0) is 16.6 Å². The lowest BCUT2D eigenvalue weighted by Gasteiger charge is -2.13. The summed E-state index contributed by atoms with van der Waals surface area (Å²) in [5.41, 5.74) is 0.515. The number of carbonyl (C=O) groups is 1. The van der Waals surface area contributed by atoms with Gasteiger partial charge in [-0.2, -0.15) is 4.31 Å². The molecule has 1 fully saturated rings. The first kappa shape index (κ1) is 17.4. The lowest BCUT2D eigenvalue weighted by molar-refractivity contribution is 0.0951. The number of nitrogens with one attached hydrogen (secondary N) is 1. The first-order chi connectivity index (χ1) is 11.5. The highest BCUT2D eigenvalue weighted by Gasteiger charge is 2.28. The molecule has 0 atom stereocenters. The van der Waals surface area contributed by atoms with Crippen LogP contribution in [0.25, 0.3) is 0 Å². The first-order valence-electron chi connectivity index (χ1n) is 7.59. The zero-order valence-corrected chi connectivity index (χ0v) is 15.3. The molecule has 0 spiro atoms. The van der Waals surface area contributed by atoms with E-state index in [-0.39, 0.29) is 5.91 Å². The largest absolute Gasteiger partial charge is 0.347 e. The Balaban J connectivity index is 1.64. The summed E-state index contributed by atoms with van der Waals surface area (Å²) in [5.74, 6) is -0.219. The second-order valence-electron chi connectivity index (χ2n) is 5.52. The van der Waals surface area contributed by atoms with E-state index < -0.39 is 10.0 Å². The van der Waals surface area contributed by atoms with Crippen LogP contribution >= 0.6 is 22.9 Å². The minimum Gasteiger partial charge on any atom is -0.347 e. The van der Waals surface area contributed by atoms with Crippen molar-refractivity contribution in [3.63, 3.8) is 0 Å². The van der Waals surface area contributed by atoms with E-state index in [4.69, 9.17) is 11.6 Å². The van der Waals surface area contributed by atoms with Gasteiger partial charge in [0, 0.05) is 28.6 Å². The lowest BCUT2D eigenvalue weighted by atomic mass is 10.2. The quantitative estimate of drug-likeness (QED) is 0.861. The van der Waals surface area contributed by atoms with E-state index in [1.807, 2.05) is 0 Å². The van der Waals surface area contributed by atoms with Gasteiger partial charge in [-0.25, -0.2) is 8.42 Å². The highest BCUT2D eigenvalue weighted by Crippen LogP contribution is 2.27. The predicted molar refractivity (Wildman–Crippen MR) is 94.9 cm³/mol. The van der Waals surface area contributed by atoms with Crippen molar-refractivity contribution in [2.45, 2.75) is 23.6 Å². The van der Waals surface area contributed by atoms with Crippen LogP contribution < -0.4 is 5.32 Å². The van der Waals surface area contributed by atoms with Crippen LogP contribution in [0.1, 0.15) is 28.1 Å². The summed E-state index contributed by atoms with van der Waals surface area (Å²) < 4.78 is 26.8. The number of carbonyl (C=O) groups excluding carboxylic acids is 1. The van der Waals surface area contributed by atoms with Crippen molar-refractivity contribution in [1.82, 2.24) is 9.62 Å². The maximum atomic E-state index is 12.5. The molecule has 0 unspecified atom stereocenters. The van der Waals surface area contributed by atoms with Gasteiger partial charge >= 0.3 is 0 Å². The third-order valence-electron chi connectivity index (χ3n) is 3.83. The molecule has 1 N–H and O–H groups in total. The summed E-state index contributed by atoms with van der Waals surface area (Å²) in [4.78, 5) is 12.9. The number of amides is 1. The van der Waals surface area contributed by atoms with E-state index in [1.165, 1.54) is 15.6 Å². The van der Waals surface area contributed by atoms with Gasteiger partial charge in [0.1, 0.15) is 4.21 Å². The highest BCUT2D eigenvalue weighted by atomic mass is 35.5. The van der Waals surface area contributed by atoms with Gasteiger partial charge in [-0.15, -0.1) is 11.3 Å². The van der Waals surface area contributed by atoms with Crippen molar-refractivity contribution in [3.8, 4) is 0 Å². The molecule has 24 heavy (non-hydrogen) atoms. The van der Waals surface area contributed by atoms with Crippen LogP contribution in [0.4, 0.5) is 0 Å². The average Bonchev–Trinajstić information content (AvgIpc) is 3.25. The van der Waals surface area contributed by atoms with E-state index in [9.17, 15) is 13.2 Å². The van der Waals surface area contributed by atoms with Crippen LogP contribution in [0.5, 0.6) is 0 Å². The van der Waals surface area contributed by atoms with Crippen molar-refractivity contribution in [2.24, 2.45) is 0 Å². The van der Waals surface area contributed by atoms with Gasteiger partial charge in [0.2, 0.25) is 0 Å². The monoisotopic (exact) mass is 384 g/mol. The topological polar surface area (TPSA) is 66.5 Å². The lowest BCUT2D eigenvalue weighted by Crippen LogP contribution is -2.27. The SMILES string of the molecule is O=C(NCc1ccc(S(=O)(=O)N2CCCC2)s1)c1ccc(Cl)cc1. The molecule has 0 saturated carbocycles. The molecule has 3 rings (SSSR count). The Morgan fingerprint density at radius 3 is 2.46 bits per heavy atom. The number of thiophene rings is 1. The van der Waals surface area contributed by atoms with Gasteiger partial charge in [-0.05, 0) is 49.2 Å². The van der Waals surface area contributed by atoms with Gasteiger partial charge < -0.3 is 5.32 Å². The molecular formula is C16H17ClN2O3S2. The second-order valence-corrected chi connectivity index (χ2v) is 9.29.